The van der Waals surface area contributed by atoms with Gasteiger partial charge < -0.3 is 4.74 Å². The third-order valence-electron chi connectivity index (χ3n) is 3.43. The van der Waals surface area contributed by atoms with Gasteiger partial charge in [0.15, 0.2) is 0 Å². The smallest absolute Gasteiger partial charge is 0.319 e. The van der Waals surface area contributed by atoms with E-state index >= 15 is 0 Å². The number of hydrogen-bond acceptors (Lipinski definition) is 5. The van der Waals surface area contributed by atoms with Crippen LogP contribution in [-0.2, 0) is 19.4 Å². The fraction of sp³-hybridized carbons (Fsp3) is 0.909. The van der Waals surface area contributed by atoms with Gasteiger partial charge in [-0.15, -0.1) is 0 Å². The summed E-state index contributed by atoms with van der Waals surface area (Å²) < 4.78 is 27.7. The monoisotopic (exact) mass is 263 g/mol. The number of likely N-dealkylation sites (N-methyl/N-ethyl adjacent to an activating group) is 1. The van der Waals surface area contributed by atoms with Crippen LogP contribution in [-0.4, -0.2) is 57.5 Å². The highest BCUT2D eigenvalue weighted by Gasteiger charge is 2.31. The molecule has 6 heteroatoms. The van der Waals surface area contributed by atoms with E-state index in [1.54, 1.807) is 0 Å². The lowest BCUT2D eigenvalue weighted by molar-refractivity contribution is -0.142. The molecule has 0 aromatic carbocycles. The number of carbonyl (C=O) groups is 1. The molecule has 0 spiro atoms. The minimum Gasteiger partial charge on any atom is -0.468 e. The molecule has 2 atom stereocenters. The van der Waals surface area contributed by atoms with Crippen molar-refractivity contribution in [3.63, 3.8) is 0 Å². The number of esters is 1. The number of carbonyl (C=O) groups excluding carboxylic acids is 1. The van der Waals surface area contributed by atoms with Gasteiger partial charge in [0.25, 0.3) is 0 Å². The van der Waals surface area contributed by atoms with Crippen LogP contribution in [0, 0.1) is 0 Å². The Hall–Kier alpha value is -0.620. The number of hydrogen-bond donors (Lipinski definition) is 0. The summed E-state index contributed by atoms with van der Waals surface area (Å²) in [6.07, 6.45) is 4.49. The van der Waals surface area contributed by atoms with E-state index in [0.29, 0.717) is 6.42 Å². The molecule has 1 saturated carbocycles. The summed E-state index contributed by atoms with van der Waals surface area (Å²) in [6, 6.07) is 0.155. The molecule has 0 amide bonds. The molecule has 0 aliphatic heterocycles. The fourth-order valence-electron chi connectivity index (χ4n) is 2.31. The Bertz CT molecular complexity index is 366. The van der Waals surface area contributed by atoms with Gasteiger partial charge in [-0.2, -0.15) is 0 Å². The summed E-state index contributed by atoms with van der Waals surface area (Å²) >= 11 is 0. The molecular formula is C11H21NO4S. The number of methoxy groups -OCH3 is 1. The second kappa shape index (κ2) is 5.82. The molecule has 1 aliphatic rings. The van der Waals surface area contributed by atoms with Crippen LogP contribution in [0.25, 0.3) is 0 Å². The first-order valence-electron chi connectivity index (χ1n) is 5.80. The summed E-state index contributed by atoms with van der Waals surface area (Å²) in [6.45, 7) is 0.220. The average Bonchev–Trinajstić information content (AvgIpc) is 2.28. The van der Waals surface area contributed by atoms with Crippen molar-refractivity contribution in [1.82, 2.24) is 4.90 Å². The molecule has 0 saturated heterocycles. The summed E-state index contributed by atoms with van der Waals surface area (Å²) in [5, 5.41) is -0.263. The van der Waals surface area contributed by atoms with Gasteiger partial charge in [0.2, 0.25) is 0 Å². The molecule has 100 valence electrons. The Morgan fingerprint density at radius 2 is 2.06 bits per heavy atom. The molecule has 17 heavy (non-hydrogen) atoms. The number of sulfone groups is 1. The highest BCUT2D eigenvalue weighted by molar-refractivity contribution is 7.91. The van der Waals surface area contributed by atoms with Crippen LogP contribution in [0.1, 0.15) is 25.7 Å². The van der Waals surface area contributed by atoms with Crippen LogP contribution in [0.5, 0.6) is 0 Å². The number of rotatable bonds is 4. The first kappa shape index (κ1) is 14.4. The standard InChI is InChI=1S/C11H21NO4S/c1-12(8-11(13)16-2)9-5-4-6-10(7-9)17(3,14)15/h9-10H,4-8H2,1-3H3. The molecule has 0 radical (unpaired) electrons. The summed E-state index contributed by atoms with van der Waals surface area (Å²) in [7, 11) is 0.228. The van der Waals surface area contributed by atoms with E-state index in [2.05, 4.69) is 4.74 Å². The zero-order valence-electron chi connectivity index (χ0n) is 10.7. The lowest BCUT2D eigenvalue weighted by Crippen LogP contribution is -2.42. The third-order valence-corrected chi connectivity index (χ3v) is 5.07. The van der Waals surface area contributed by atoms with Gasteiger partial charge in [-0.25, -0.2) is 8.42 Å². The quantitative estimate of drug-likeness (QED) is 0.689. The first-order chi connectivity index (χ1) is 7.84. The lowest BCUT2D eigenvalue weighted by Gasteiger charge is -2.33. The second-order valence-electron chi connectivity index (χ2n) is 4.76. The molecule has 1 aliphatic carbocycles. The third kappa shape index (κ3) is 4.27. The van der Waals surface area contributed by atoms with E-state index in [9.17, 15) is 13.2 Å². The van der Waals surface area contributed by atoms with Gasteiger partial charge in [0.1, 0.15) is 9.84 Å². The Balaban J connectivity index is 2.57. The zero-order valence-corrected chi connectivity index (χ0v) is 11.5. The minimum absolute atomic E-state index is 0.155. The van der Waals surface area contributed by atoms with E-state index in [-0.39, 0.29) is 23.8 Å². The van der Waals surface area contributed by atoms with Crippen molar-refractivity contribution in [1.29, 1.82) is 0 Å². The Morgan fingerprint density at radius 3 is 2.59 bits per heavy atom. The molecule has 2 unspecified atom stereocenters. The van der Waals surface area contributed by atoms with Gasteiger partial charge in [-0.05, 0) is 26.3 Å². The van der Waals surface area contributed by atoms with Gasteiger partial charge in [0, 0.05) is 12.3 Å². The van der Waals surface area contributed by atoms with E-state index in [1.807, 2.05) is 11.9 Å². The maximum absolute atomic E-state index is 11.5. The number of nitrogens with zero attached hydrogens (tertiary/aromatic N) is 1. The Labute approximate surface area is 103 Å². The van der Waals surface area contributed by atoms with Crippen molar-refractivity contribution >= 4 is 15.8 Å². The second-order valence-corrected chi connectivity index (χ2v) is 7.09. The molecule has 0 heterocycles. The normalized spacial score (nSPS) is 25.9. The van der Waals surface area contributed by atoms with Crippen LogP contribution in [0.4, 0.5) is 0 Å². The predicted octanol–water partition coefficient (Wildman–Crippen LogP) is 0.447. The van der Waals surface area contributed by atoms with Crippen molar-refractivity contribution in [2.24, 2.45) is 0 Å². The molecule has 0 N–H and O–H groups in total. The lowest BCUT2D eigenvalue weighted by atomic mass is 9.94. The molecular weight excluding hydrogens is 242 g/mol. The Morgan fingerprint density at radius 1 is 1.41 bits per heavy atom. The van der Waals surface area contributed by atoms with Crippen molar-refractivity contribution in [3.8, 4) is 0 Å². The predicted molar refractivity (Wildman–Crippen MR) is 65.5 cm³/mol. The van der Waals surface area contributed by atoms with E-state index in [4.69, 9.17) is 0 Å². The number of ether oxygens (including phenoxy) is 1. The molecule has 0 aromatic heterocycles. The summed E-state index contributed by atoms with van der Waals surface area (Å²) in [5.74, 6) is -0.283. The summed E-state index contributed by atoms with van der Waals surface area (Å²) in [5.41, 5.74) is 0. The highest BCUT2D eigenvalue weighted by atomic mass is 32.2. The average molecular weight is 263 g/mol. The maximum atomic E-state index is 11.5. The van der Waals surface area contributed by atoms with E-state index in [1.165, 1.54) is 13.4 Å². The highest BCUT2D eigenvalue weighted by Crippen LogP contribution is 2.26. The van der Waals surface area contributed by atoms with Crippen molar-refractivity contribution in [3.05, 3.63) is 0 Å². The molecule has 5 nitrogen and oxygen atoms in total. The van der Waals surface area contributed by atoms with Gasteiger partial charge in [-0.1, -0.05) is 6.42 Å². The Kier molecular flexibility index (Phi) is 4.94. The molecule has 0 bridgehead atoms. The SMILES string of the molecule is COC(=O)CN(C)C1CCCC(S(C)(=O)=O)C1. The van der Waals surface area contributed by atoms with Crippen LogP contribution >= 0.6 is 0 Å². The van der Waals surface area contributed by atoms with Crippen molar-refractivity contribution in [2.75, 3.05) is 27.0 Å². The van der Waals surface area contributed by atoms with E-state index < -0.39 is 9.84 Å². The van der Waals surface area contributed by atoms with E-state index in [0.717, 1.165) is 19.3 Å². The van der Waals surface area contributed by atoms with Gasteiger partial charge in [-0.3, -0.25) is 9.69 Å². The van der Waals surface area contributed by atoms with Crippen LogP contribution in [0.3, 0.4) is 0 Å². The zero-order chi connectivity index (χ0) is 13.1. The maximum Gasteiger partial charge on any atom is 0.319 e. The van der Waals surface area contributed by atoms with Gasteiger partial charge in [0.05, 0.1) is 18.9 Å². The molecule has 0 aromatic rings. The molecule has 1 fully saturated rings. The minimum atomic E-state index is -2.97. The first-order valence-corrected chi connectivity index (χ1v) is 7.76. The summed E-state index contributed by atoms with van der Waals surface area (Å²) in [4.78, 5) is 13.1. The van der Waals surface area contributed by atoms with Crippen LogP contribution in [0.15, 0.2) is 0 Å². The molecule has 1 rings (SSSR count). The van der Waals surface area contributed by atoms with Crippen molar-refractivity contribution < 1.29 is 17.9 Å². The fourth-order valence-corrected chi connectivity index (χ4v) is 3.47. The van der Waals surface area contributed by atoms with Gasteiger partial charge >= 0.3 is 5.97 Å². The largest absolute Gasteiger partial charge is 0.468 e. The van der Waals surface area contributed by atoms with Crippen LogP contribution in [0.2, 0.25) is 0 Å². The van der Waals surface area contributed by atoms with Crippen molar-refractivity contribution in [2.45, 2.75) is 37.0 Å². The van der Waals surface area contributed by atoms with Crippen LogP contribution < -0.4 is 0 Å². The topological polar surface area (TPSA) is 63.7 Å².